The van der Waals surface area contributed by atoms with Gasteiger partial charge in [0, 0.05) is 6.54 Å². The molecular formula is C12H28N2. The van der Waals surface area contributed by atoms with Crippen molar-refractivity contribution in [3.8, 4) is 0 Å². The van der Waals surface area contributed by atoms with Crippen molar-refractivity contribution >= 4 is 0 Å². The Morgan fingerprint density at radius 1 is 1.14 bits per heavy atom. The summed E-state index contributed by atoms with van der Waals surface area (Å²) in [5, 5.41) is 0. The van der Waals surface area contributed by atoms with Gasteiger partial charge in [0.15, 0.2) is 0 Å². The van der Waals surface area contributed by atoms with E-state index in [4.69, 9.17) is 5.73 Å². The highest BCUT2D eigenvalue weighted by Gasteiger charge is 2.07. The molecule has 0 spiro atoms. The molecule has 0 rings (SSSR count). The molecule has 14 heavy (non-hydrogen) atoms. The first-order valence-electron chi connectivity index (χ1n) is 6.16. The van der Waals surface area contributed by atoms with E-state index >= 15 is 0 Å². The van der Waals surface area contributed by atoms with Crippen molar-refractivity contribution in [3.63, 3.8) is 0 Å². The molecule has 0 heterocycles. The SMILES string of the molecule is CCCC(C)CN(CCC)CCCN. The fourth-order valence-corrected chi connectivity index (χ4v) is 1.95. The number of rotatable bonds is 9. The van der Waals surface area contributed by atoms with E-state index in [1.54, 1.807) is 0 Å². The summed E-state index contributed by atoms with van der Waals surface area (Å²) in [5.74, 6) is 0.837. The Balaban J connectivity index is 3.69. The first kappa shape index (κ1) is 13.9. The second-order valence-electron chi connectivity index (χ2n) is 4.34. The van der Waals surface area contributed by atoms with Crippen LogP contribution in [0.4, 0.5) is 0 Å². The van der Waals surface area contributed by atoms with Gasteiger partial charge in [0.25, 0.3) is 0 Å². The maximum Gasteiger partial charge on any atom is 0.000702 e. The van der Waals surface area contributed by atoms with Crippen molar-refractivity contribution < 1.29 is 0 Å². The van der Waals surface area contributed by atoms with E-state index in [0.29, 0.717) is 0 Å². The van der Waals surface area contributed by atoms with E-state index in [2.05, 4.69) is 25.7 Å². The molecule has 0 radical (unpaired) electrons. The van der Waals surface area contributed by atoms with Gasteiger partial charge < -0.3 is 10.6 Å². The lowest BCUT2D eigenvalue weighted by molar-refractivity contribution is 0.230. The van der Waals surface area contributed by atoms with Crippen molar-refractivity contribution in [2.24, 2.45) is 11.7 Å². The smallest absolute Gasteiger partial charge is 0.000702 e. The van der Waals surface area contributed by atoms with E-state index < -0.39 is 0 Å². The zero-order valence-electron chi connectivity index (χ0n) is 10.3. The summed E-state index contributed by atoms with van der Waals surface area (Å²) in [7, 11) is 0. The van der Waals surface area contributed by atoms with Gasteiger partial charge in [0.2, 0.25) is 0 Å². The Bertz CT molecular complexity index is 115. The van der Waals surface area contributed by atoms with Crippen molar-refractivity contribution in [3.05, 3.63) is 0 Å². The molecule has 1 atom stereocenters. The van der Waals surface area contributed by atoms with E-state index in [0.717, 1.165) is 18.9 Å². The molecule has 0 aromatic rings. The van der Waals surface area contributed by atoms with Gasteiger partial charge in [-0.15, -0.1) is 0 Å². The molecule has 0 amide bonds. The molecule has 0 bridgehead atoms. The van der Waals surface area contributed by atoms with Crippen LogP contribution in [0.2, 0.25) is 0 Å². The van der Waals surface area contributed by atoms with Crippen molar-refractivity contribution in [1.29, 1.82) is 0 Å². The van der Waals surface area contributed by atoms with E-state index in [1.165, 1.54) is 38.9 Å². The molecular weight excluding hydrogens is 172 g/mol. The van der Waals surface area contributed by atoms with Crippen LogP contribution in [0.1, 0.15) is 46.5 Å². The average molecular weight is 200 g/mol. The maximum absolute atomic E-state index is 5.54. The molecule has 1 unspecified atom stereocenters. The number of nitrogens with two attached hydrogens (primary N) is 1. The van der Waals surface area contributed by atoms with Gasteiger partial charge in [-0.3, -0.25) is 0 Å². The zero-order valence-corrected chi connectivity index (χ0v) is 10.3. The first-order chi connectivity index (χ1) is 6.74. The van der Waals surface area contributed by atoms with Gasteiger partial charge in [-0.2, -0.15) is 0 Å². The Kier molecular flexibility index (Phi) is 9.42. The summed E-state index contributed by atoms with van der Waals surface area (Å²) in [6.45, 7) is 11.4. The molecule has 86 valence electrons. The first-order valence-corrected chi connectivity index (χ1v) is 6.16. The van der Waals surface area contributed by atoms with Crippen LogP contribution in [0.3, 0.4) is 0 Å². The third-order valence-corrected chi connectivity index (χ3v) is 2.57. The van der Waals surface area contributed by atoms with Crippen LogP contribution in [0.5, 0.6) is 0 Å². The van der Waals surface area contributed by atoms with E-state index in [9.17, 15) is 0 Å². The molecule has 0 fully saturated rings. The standard InChI is InChI=1S/C12H28N2/c1-4-7-12(3)11-14(9-5-2)10-6-8-13/h12H,4-11,13H2,1-3H3. The Morgan fingerprint density at radius 2 is 1.86 bits per heavy atom. The predicted octanol–water partition coefficient (Wildman–Crippen LogP) is 2.48. The highest BCUT2D eigenvalue weighted by atomic mass is 15.1. The second-order valence-corrected chi connectivity index (χ2v) is 4.34. The topological polar surface area (TPSA) is 29.3 Å². The molecule has 0 aromatic heterocycles. The summed E-state index contributed by atoms with van der Waals surface area (Å²) < 4.78 is 0. The van der Waals surface area contributed by atoms with Gasteiger partial charge >= 0.3 is 0 Å². The van der Waals surface area contributed by atoms with Gasteiger partial charge in [-0.25, -0.2) is 0 Å². The fourth-order valence-electron chi connectivity index (χ4n) is 1.95. The maximum atomic E-state index is 5.54. The largest absolute Gasteiger partial charge is 0.330 e. The van der Waals surface area contributed by atoms with Crippen LogP contribution in [-0.4, -0.2) is 31.1 Å². The van der Waals surface area contributed by atoms with Crippen LogP contribution < -0.4 is 5.73 Å². The zero-order chi connectivity index (χ0) is 10.8. The van der Waals surface area contributed by atoms with E-state index in [1.807, 2.05) is 0 Å². The van der Waals surface area contributed by atoms with Gasteiger partial charge in [0.05, 0.1) is 0 Å². The Morgan fingerprint density at radius 3 is 2.36 bits per heavy atom. The second kappa shape index (κ2) is 9.47. The van der Waals surface area contributed by atoms with E-state index in [-0.39, 0.29) is 0 Å². The van der Waals surface area contributed by atoms with Gasteiger partial charge in [0.1, 0.15) is 0 Å². The molecule has 0 saturated carbocycles. The predicted molar refractivity (Wildman–Crippen MR) is 64.5 cm³/mol. The van der Waals surface area contributed by atoms with Crippen LogP contribution in [0.15, 0.2) is 0 Å². The lowest BCUT2D eigenvalue weighted by Crippen LogP contribution is -2.31. The third kappa shape index (κ3) is 7.34. The monoisotopic (exact) mass is 200 g/mol. The third-order valence-electron chi connectivity index (χ3n) is 2.57. The molecule has 0 saturated heterocycles. The number of hydrogen-bond acceptors (Lipinski definition) is 2. The van der Waals surface area contributed by atoms with Crippen molar-refractivity contribution in [1.82, 2.24) is 4.90 Å². The van der Waals surface area contributed by atoms with Crippen molar-refractivity contribution in [2.45, 2.75) is 46.5 Å². The quantitative estimate of drug-likeness (QED) is 0.619. The van der Waals surface area contributed by atoms with Crippen LogP contribution in [0.25, 0.3) is 0 Å². The van der Waals surface area contributed by atoms with Crippen molar-refractivity contribution in [2.75, 3.05) is 26.2 Å². The summed E-state index contributed by atoms with van der Waals surface area (Å²) in [6, 6.07) is 0. The molecule has 2 heteroatoms. The molecule has 0 aromatic carbocycles. The molecule has 0 aliphatic heterocycles. The Hall–Kier alpha value is -0.0800. The highest BCUT2D eigenvalue weighted by molar-refractivity contribution is 4.62. The minimum atomic E-state index is 0.822. The number of hydrogen-bond donors (Lipinski definition) is 1. The summed E-state index contributed by atoms with van der Waals surface area (Å²) in [5.41, 5.74) is 5.54. The minimum absolute atomic E-state index is 0.822. The molecule has 0 aliphatic rings. The Labute approximate surface area is 89.9 Å². The summed E-state index contributed by atoms with van der Waals surface area (Å²) in [4.78, 5) is 2.56. The number of nitrogens with zero attached hydrogens (tertiary/aromatic N) is 1. The van der Waals surface area contributed by atoms with Crippen LogP contribution in [-0.2, 0) is 0 Å². The molecule has 0 aliphatic carbocycles. The normalized spacial score (nSPS) is 13.5. The average Bonchev–Trinajstić information content (AvgIpc) is 2.15. The molecule has 2 nitrogen and oxygen atoms in total. The van der Waals surface area contributed by atoms with Gasteiger partial charge in [-0.05, 0) is 44.8 Å². The lowest BCUT2D eigenvalue weighted by atomic mass is 10.1. The molecule has 2 N–H and O–H groups in total. The summed E-state index contributed by atoms with van der Waals surface area (Å²) >= 11 is 0. The minimum Gasteiger partial charge on any atom is -0.330 e. The van der Waals surface area contributed by atoms with Gasteiger partial charge in [-0.1, -0.05) is 27.2 Å². The van der Waals surface area contributed by atoms with Crippen LogP contribution >= 0.6 is 0 Å². The van der Waals surface area contributed by atoms with Crippen LogP contribution in [0, 0.1) is 5.92 Å². The lowest BCUT2D eigenvalue weighted by Gasteiger charge is -2.24. The fraction of sp³-hybridized carbons (Fsp3) is 1.00. The highest BCUT2D eigenvalue weighted by Crippen LogP contribution is 2.08. The summed E-state index contributed by atoms with van der Waals surface area (Å²) in [6.07, 6.45) is 5.04.